The number of hydrogen-bond acceptors (Lipinski definition) is 6. The molecule has 1 fully saturated rings. The first kappa shape index (κ1) is 14.3. The predicted octanol–water partition coefficient (Wildman–Crippen LogP) is 0.114. The Labute approximate surface area is 125 Å². The van der Waals surface area contributed by atoms with E-state index < -0.39 is 24.1 Å². The maximum absolute atomic E-state index is 12.2. The highest BCUT2D eigenvalue weighted by Crippen LogP contribution is 2.24. The van der Waals surface area contributed by atoms with Crippen molar-refractivity contribution in [1.29, 1.82) is 0 Å². The van der Waals surface area contributed by atoms with Crippen molar-refractivity contribution in [1.82, 2.24) is 9.91 Å². The Bertz CT molecular complexity index is 621. The molecule has 3 rings (SSSR count). The third-order valence-corrected chi connectivity index (χ3v) is 3.47. The quantitative estimate of drug-likeness (QED) is 0.480. The van der Waals surface area contributed by atoms with Crippen LogP contribution in [0.1, 0.15) is 27.6 Å². The Morgan fingerprint density at radius 1 is 1.32 bits per heavy atom. The molecule has 2 aliphatic heterocycles. The molecule has 1 saturated heterocycles. The molecule has 9 heteroatoms. The Hall–Kier alpha value is -2.68. The van der Waals surface area contributed by atoms with E-state index in [9.17, 15) is 14.8 Å². The second kappa shape index (κ2) is 5.26. The van der Waals surface area contributed by atoms with Crippen molar-refractivity contribution in [3.63, 3.8) is 0 Å². The summed E-state index contributed by atoms with van der Waals surface area (Å²) in [5.41, 5.74) is 0.561. The topological polar surface area (TPSA) is 109 Å². The van der Waals surface area contributed by atoms with Crippen LogP contribution in [0.15, 0.2) is 29.5 Å². The summed E-state index contributed by atoms with van der Waals surface area (Å²) in [5.74, 6) is -1.03. The summed E-state index contributed by atoms with van der Waals surface area (Å²) in [7, 11) is 0. The lowest BCUT2D eigenvalue weighted by molar-refractivity contribution is -0.811. The fourth-order valence-corrected chi connectivity index (χ4v) is 2.35. The lowest BCUT2D eigenvalue weighted by Gasteiger charge is -2.28. The van der Waals surface area contributed by atoms with E-state index in [1.165, 1.54) is 11.9 Å². The molecule has 22 heavy (non-hydrogen) atoms. The third kappa shape index (κ3) is 2.35. The minimum absolute atomic E-state index is 0.0555. The van der Waals surface area contributed by atoms with Gasteiger partial charge in [0, 0.05) is 0 Å². The van der Waals surface area contributed by atoms with Crippen LogP contribution in [-0.4, -0.2) is 57.3 Å². The molecule has 1 aromatic rings. The Morgan fingerprint density at radius 2 is 1.86 bits per heavy atom. The zero-order valence-corrected chi connectivity index (χ0v) is 11.7. The van der Waals surface area contributed by atoms with Crippen LogP contribution in [-0.2, 0) is 4.84 Å². The Balaban J connectivity index is 1.70. The number of aliphatic hydroxyl groups excluding tert-OH is 1. The standard InChI is InChI=1S/C13H14N4O5/c1-8(22-17(21)14-15-6-9(18)7-15)16-12(19)10-4-2-3-5-11(10)13(16)20/h2-5,8-9,18H,6-7H2,1H3. The van der Waals surface area contributed by atoms with Crippen LogP contribution in [0.5, 0.6) is 0 Å². The SMILES string of the molecule is CC(O[N+]([O-])=NN1CC(O)C1)N1C(=O)c2ccccc2C1=O. The van der Waals surface area contributed by atoms with Gasteiger partial charge in [0.05, 0.1) is 16.2 Å². The zero-order valence-electron chi connectivity index (χ0n) is 11.7. The van der Waals surface area contributed by atoms with Crippen LogP contribution in [0.3, 0.4) is 0 Å². The minimum Gasteiger partial charge on any atom is -0.433 e. The first-order valence-electron chi connectivity index (χ1n) is 6.73. The largest absolute Gasteiger partial charge is 0.433 e. The molecule has 0 bridgehead atoms. The number of benzene rings is 1. The van der Waals surface area contributed by atoms with Gasteiger partial charge in [0.1, 0.15) is 30.6 Å². The number of carbonyl (C=O) groups is 2. The lowest BCUT2D eigenvalue weighted by Crippen LogP contribution is -2.48. The molecule has 1 unspecified atom stereocenters. The van der Waals surface area contributed by atoms with E-state index in [0.29, 0.717) is 0 Å². The monoisotopic (exact) mass is 306 g/mol. The molecule has 2 heterocycles. The van der Waals surface area contributed by atoms with Crippen molar-refractivity contribution in [2.75, 3.05) is 13.1 Å². The molecule has 2 amide bonds. The van der Waals surface area contributed by atoms with E-state index in [4.69, 9.17) is 9.94 Å². The van der Waals surface area contributed by atoms with Crippen molar-refractivity contribution in [3.8, 4) is 0 Å². The van der Waals surface area contributed by atoms with Gasteiger partial charge in [-0.3, -0.25) is 14.5 Å². The van der Waals surface area contributed by atoms with Crippen molar-refractivity contribution in [3.05, 3.63) is 40.6 Å². The summed E-state index contributed by atoms with van der Waals surface area (Å²) in [4.78, 5) is 30.2. The normalized spacial score (nSPS) is 20.0. The van der Waals surface area contributed by atoms with Crippen molar-refractivity contribution in [2.45, 2.75) is 19.3 Å². The number of nitrogens with zero attached hydrogens (tertiary/aromatic N) is 4. The first-order chi connectivity index (χ1) is 10.5. The van der Waals surface area contributed by atoms with Gasteiger partial charge in [0.2, 0.25) is 0 Å². The van der Waals surface area contributed by atoms with E-state index in [0.717, 1.165) is 4.90 Å². The fourth-order valence-electron chi connectivity index (χ4n) is 2.35. The predicted molar refractivity (Wildman–Crippen MR) is 71.1 cm³/mol. The second-order valence-electron chi connectivity index (χ2n) is 5.08. The summed E-state index contributed by atoms with van der Waals surface area (Å²) in [6, 6.07) is 6.40. The molecule has 0 aliphatic carbocycles. The van der Waals surface area contributed by atoms with Crippen LogP contribution < -0.4 is 0 Å². The van der Waals surface area contributed by atoms with Crippen LogP contribution in [0.25, 0.3) is 0 Å². The van der Waals surface area contributed by atoms with Gasteiger partial charge in [-0.15, -0.1) is 0 Å². The van der Waals surface area contributed by atoms with Gasteiger partial charge in [-0.05, 0) is 19.1 Å². The highest BCUT2D eigenvalue weighted by atomic mass is 16.9. The fraction of sp³-hybridized carbons (Fsp3) is 0.385. The Kier molecular flexibility index (Phi) is 3.41. The highest BCUT2D eigenvalue weighted by molar-refractivity contribution is 6.21. The third-order valence-electron chi connectivity index (χ3n) is 3.47. The molecule has 1 N–H and O–H groups in total. The molecule has 0 spiro atoms. The van der Waals surface area contributed by atoms with Crippen molar-refractivity contribution >= 4 is 11.8 Å². The first-order valence-corrected chi connectivity index (χ1v) is 6.73. The number of rotatable bonds is 4. The second-order valence-corrected chi connectivity index (χ2v) is 5.08. The number of β-amino-alcohol motifs (C(OH)–C–C–N with tert-alkyl or cyclic N) is 1. The number of hydrogen-bond donors (Lipinski definition) is 1. The number of carbonyl (C=O) groups excluding carboxylic acids is 2. The number of imide groups is 1. The van der Waals surface area contributed by atoms with Crippen LogP contribution in [0, 0.1) is 5.21 Å². The molecule has 0 radical (unpaired) electrons. The van der Waals surface area contributed by atoms with Crippen molar-refractivity contribution < 1.29 is 24.6 Å². The van der Waals surface area contributed by atoms with E-state index >= 15 is 0 Å². The average molecular weight is 306 g/mol. The van der Waals surface area contributed by atoms with E-state index in [-0.39, 0.29) is 29.2 Å². The van der Waals surface area contributed by atoms with Crippen LogP contribution in [0.4, 0.5) is 0 Å². The van der Waals surface area contributed by atoms with E-state index in [1.807, 2.05) is 0 Å². The molecule has 1 aromatic carbocycles. The number of fused-ring (bicyclic) bond motifs is 1. The highest BCUT2D eigenvalue weighted by Gasteiger charge is 2.38. The molecule has 0 aromatic heterocycles. The smallest absolute Gasteiger partial charge is 0.262 e. The lowest BCUT2D eigenvalue weighted by atomic mass is 10.1. The summed E-state index contributed by atoms with van der Waals surface area (Å²) < 4.78 is 0. The molecule has 2 aliphatic rings. The molecule has 1 atom stereocenters. The number of aliphatic hydroxyl groups is 1. The molecule has 9 nitrogen and oxygen atoms in total. The average Bonchev–Trinajstić information content (AvgIpc) is 2.70. The Morgan fingerprint density at radius 3 is 2.36 bits per heavy atom. The molecule has 116 valence electrons. The molecular formula is C13H14N4O5. The van der Waals surface area contributed by atoms with Gasteiger partial charge in [-0.2, -0.15) is 5.01 Å². The minimum atomic E-state index is -1.10. The maximum Gasteiger partial charge on any atom is 0.262 e. The molecular weight excluding hydrogens is 292 g/mol. The van der Waals surface area contributed by atoms with Gasteiger partial charge in [0.25, 0.3) is 11.8 Å². The van der Waals surface area contributed by atoms with E-state index in [2.05, 4.69) is 5.22 Å². The number of amides is 2. The summed E-state index contributed by atoms with van der Waals surface area (Å²) in [6.45, 7) is 1.89. The van der Waals surface area contributed by atoms with Gasteiger partial charge in [0.15, 0.2) is 0 Å². The zero-order chi connectivity index (χ0) is 15.9. The van der Waals surface area contributed by atoms with Crippen LogP contribution in [0.2, 0.25) is 0 Å². The van der Waals surface area contributed by atoms with Crippen molar-refractivity contribution in [2.24, 2.45) is 5.22 Å². The van der Waals surface area contributed by atoms with E-state index in [1.54, 1.807) is 24.3 Å². The van der Waals surface area contributed by atoms with Gasteiger partial charge in [-0.25, -0.2) is 0 Å². The van der Waals surface area contributed by atoms with Gasteiger partial charge >= 0.3 is 0 Å². The molecule has 0 saturated carbocycles. The van der Waals surface area contributed by atoms with Gasteiger partial charge in [-0.1, -0.05) is 12.1 Å². The maximum atomic E-state index is 12.2. The van der Waals surface area contributed by atoms with Crippen LogP contribution >= 0.6 is 0 Å². The summed E-state index contributed by atoms with van der Waals surface area (Å²) in [6.07, 6.45) is -1.61. The summed E-state index contributed by atoms with van der Waals surface area (Å²) in [5, 5.41) is 25.4. The summed E-state index contributed by atoms with van der Waals surface area (Å²) >= 11 is 0. The van der Waals surface area contributed by atoms with Gasteiger partial charge < -0.3 is 15.2 Å².